The minimum atomic E-state index is -0.553. The van der Waals surface area contributed by atoms with E-state index in [1.165, 1.54) is 12.1 Å². The molecule has 0 aliphatic heterocycles. The van der Waals surface area contributed by atoms with Crippen LogP contribution in [0.15, 0.2) is 75.4 Å². The first-order chi connectivity index (χ1) is 14.1. The zero-order valence-electron chi connectivity index (χ0n) is 14.7. The van der Waals surface area contributed by atoms with E-state index in [0.29, 0.717) is 40.4 Å². The number of nitrogens with two attached hydrogens (primary N) is 1. The molecule has 0 atom stereocenters. The van der Waals surface area contributed by atoms with Crippen molar-refractivity contribution in [3.05, 3.63) is 86.5 Å². The highest BCUT2D eigenvalue weighted by Crippen LogP contribution is 2.46. The lowest BCUT2D eigenvalue weighted by molar-refractivity contribution is 0.0988. The van der Waals surface area contributed by atoms with Crippen molar-refractivity contribution in [3.63, 3.8) is 0 Å². The van der Waals surface area contributed by atoms with E-state index < -0.39 is 5.91 Å². The van der Waals surface area contributed by atoms with Crippen LogP contribution in [0.25, 0.3) is 0 Å². The molecule has 0 saturated heterocycles. The fourth-order valence-corrected chi connectivity index (χ4v) is 7.94. The summed E-state index contributed by atoms with van der Waals surface area (Å²) in [5, 5.41) is 0. The van der Waals surface area contributed by atoms with Gasteiger partial charge < -0.3 is 5.73 Å². The van der Waals surface area contributed by atoms with Gasteiger partial charge in [-0.25, -0.2) is 0 Å². The summed E-state index contributed by atoms with van der Waals surface area (Å²) in [7, 11) is 0. The smallest absolute Gasteiger partial charge is 0.262 e. The van der Waals surface area contributed by atoms with Gasteiger partial charge in [0.1, 0.15) is 0 Å². The summed E-state index contributed by atoms with van der Waals surface area (Å²) in [4.78, 5) is 26.7. The number of benzene rings is 3. The first kappa shape index (κ1) is 24.1. The molecule has 30 heavy (non-hydrogen) atoms. The topological polar surface area (TPSA) is 63.4 Å². The molecular weight excluding hydrogens is 780 g/mol. The monoisotopic (exact) mass is 784 g/mol. The van der Waals surface area contributed by atoms with Gasteiger partial charge in [0, 0.05) is 38.0 Å². The van der Waals surface area contributed by atoms with Gasteiger partial charge in [0.2, 0.25) is 5.91 Å². The molecule has 2 N–H and O–H groups in total. The maximum atomic E-state index is 13.7. The van der Waals surface area contributed by atoms with Crippen molar-refractivity contribution in [1.82, 2.24) is 0 Å². The van der Waals surface area contributed by atoms with Crippen LogP contribution in [0.2, 0.25) is 0 Å². The highest BCUT2D eigenvalue weighted by Gasteiger charge is 2.28. The summed E-state index contributed by atoms with van der Waals surface area (Å²) in [5.74, 6) is -0.846. The van der Waals surface area contributed by atoms with E-state index in [2.05, 4.69) is 95.6 Å². The van der Waals surface area contributed by atoms with Crippen molar-refractivity contribution >= 4 is 119 Å². The lowest BCUT2D eigenvalue weighted by Crippen LogP contribution is -2.27. The molecule has 3 aromatic rings. The number of hydrogen-bond donors (Lipinski definition) is 1. The molecule has 2 amide bonds. The van der Waals surface area contributed by atoms with E-state index in [1.807, 2.05) is 24.3 Å². The van der Waals surface area contributed by atoms with Crippen LogP contribution < -0.4 is 10.6 Å². The average molecular weight is 790 g/mol. The molecule has 0 fully saturated rings. The molecule has 0 aliphatic carbocycles. The maximum absolute atomic E-state index is 13.7. The van der Waals surface area contributed by atoms with Gasteiger partial charge in [0.05, 0.1) is 11.4 Å². The number of anilines is 2. The minimum Gasteiger partial charge on any atom is -0.366 e. The van der Waals surface area contributed by atoms with E-state index in [4.69, 9.17) is 5.73 Å². The lowest BCUT2D eigenvalue weighted by atomic mass is 10.1. The second-order valence-electron chi connectivity index (χ2n) is 6.02. The van der Waals surface area contributed by atoms with E-state index in [-0.39, 0.29) is 5.91 Å². The van der Waals surface area contributed by atoms with Crippen LogP contribution in [-0.2, 0) is 0 Å². The van der Waals surface area contributed by atoms with Crippen molar-refractivity contribution in [3.8, 4) is 0 Å². The van der Waals surface area contributed by atoms with Gasteiger partial charge in [-0.1, -0.05) is 31.9 Å². The number of carbonyl (C=O) groups is 2. The number of carbonyl (C=O) groups excluding carboxylic acids is 2. The highest BCUT2D eigenvalue weighted by molar-refractivity contribution is 9.12. The van der Waals surface area contributed by atoms with E-state index >= 15 is 0 Å². The Hall–Kier alpha value is -0.520. The second-order valence-corrected chi connectivity index (χ2v) is 11.3. The summed E-state index contributed by atoms with van der Waals surface area (Å²) in [6.45, 7) is 0. The fraction of sp³-hybridized carbons (Fsp3) is 0. The van der Waals surface area contributed by atoms with Crippen molar-refractivity contribution in [2.75, 3.05) is 4.90 Å². The van der Waals surface area contributed by atoms with Gasteiger partial charge in [0.15, 0.2) is 0 Å². The third-order valence-electron chi connectivity index (χ3n) is 4.03. The number of nitrogens with zero attached hydrogens (tertiary/aromatic N) is 1. The number of amides is 2. The predicted octanol–water partition coefficient (Wildman–Crippen LogP) is 8.34. The molecule has 0 bridgehead atoms. The van der Waals surface area contributed by atoms with Gasteiger partial charge in [-0.2, -0.15) is 0 Å². The number of halogens is 6. The molecule has 0 radical (unpaired) electrons. The largest absolute Gasteiger partial charge is 0.366 e. The number of primary amides is 1. The number of hydrogen-bond acceptors (Lipinski definition) is 2. The summed E-state index contributed by atoms with van der Waals surface area (Å²) in [6.07, 6.45) is 0. The van der Waals surface area contributed by atoms with Crippen molar-refractivity contribution < 1.29 is 9.59 Å². The standard InChI is InChI=1S/C20H10Br6N2O2/c21-11-5-13(23)17(14(24)6-11)28(18-15(25)7-12(22)8-16(18)26)20(30)10-3-1-9(2-4-10)19(27)29/h1-8H,(H2,27,29). The Morgan fingerprint density at radius 1 is 0.633 bits per heavy atom. The van der Waals surface area contributed by atoms with Crippen LogP contribution in [0.3, 0.4) is 0 Å². The molecule has 3 rings (SSSR count). The van der Waals surface area contributed by atoms with Crippen LogP contribution in [0.4, 0.5) is 11.4 Å². The average Bonchev–Trinajstić information content (AvgIpc) is 2.64. The van der Waals surface area contributed by atoms with E-state index in [0.717, 1.165) is 8.95 Å². The van der Waals surface area contributed by atoms with Gasteiger partial charge in [-0.15, -0.1) is 0 Å². The minimum absolute atomic E-state index is 0.293. The SMILES string of the molecule is NC(=O)c1ccc(C(=O)N(c2c(Br)cc(Br)cc2Br)c2c(Br)cc(Br)cc2Br)cc1. The Labute approximate surface area is 223 Å². The summed E-state index contributed by atoms with van der Waals surface area (Å²) in [5.41, 5.74) is 7.28. The van der Waals surface area contributed by atoms with Crippen molar-refractivity contribution in [2.45, 2.75) is 0 Å². The Kier molecular flexibility index (Phi) is 8.01. The third kappa shape index (κ3) is 5.10. The summed E-state index contributed by atoms with van der Waals surface area (Å²) >= 11 is 21.2. The van der Waals surface area contributed by atoms with Crippen LogP contribution in [0, 0.1) is 0 Å². The fourth-order valence-electron chi connectivity index (χ4n) is 2.72. The Morgan fingerprint density at radius 3 is 1.30 bits per heavy atom. The normalized spacial score (nSPS) is 10.7. The molecule has 10 heteroatoms. The Bertz CT molecular complexity index is 1060. The molecule has 0 spiro atoms. The first-order valence-electron chi connectivity index (χ1n) is 8.13. The van der Waals surface area contributed by atoms with Gasteiger partial charge >= 0.3 is 0 Å². The molecule has 0 unspecified atom stereocenters. The molecule has 0 heterocycles. The Balaban J connectivity index is 2.26. The number of rotatable bonds is 4. The Morgan fingerprint density at radius 2 is 0.967 bits per heavy atom. The quantitative estimate of drug-likeness (QED) is 0.289. The van der Waals surface area contributed by atoms with Crippen LogP contribution in [0.1, 0.15) is 20.7 Å². The zero-order chi connectivity index (χ0) is 22.2. The van der Waals surface area contributed by atoms with Crippen LogP contribution in [-0.4, -0.2) is 11.8 Å². The molecule has 154 valence electrons. The molecule has 3 aromatic carbocycles. The first-order valence-corrected chi connectivity index (χ1v) is 12.9. The van der Waals surface area contributed by atoms with Gasteiger partial charge in [0.25, 0.3) is 5.91 Å². The molecule has 0 aliphatic rings. The van der Waals surface area contributed by atoms with Crippen LogP contribution >= 0.6 is 95.6 Å². The highest BCUT2D eigenvalue weighted by atomic mass is 79.9. The lowest BCUT2D eigenvalue weighted by Gasteiger charge is -2.28. The summed E-state index contributed by atoms with van der Waals surface area (Å²) < 4.78 is 4.49. The summed E-state index contributed by atoms with van der Waals surface area (Å²) in [6, 6.07) is 13.7. The van der Waals surface area contributed by atoms with Gasteiger partial charge in [-0.3, -0.25) is 14.5 Å². The molecule has 4 nitrogen and oxygen atoms in total. The van der Waals surface area contributed by atoms with E-state index in [1.54, 1.807) is 17.0 Å². The van der Waals surface area contributed by atoms with Crippen molar-refractivity contribution in [2.24, 2.45) is 5.73 Å². The maximum Gasteiger partial charge on any atom is 0.262 e. The molecule has 0 saturated carbocycles. The predicted molar refractivity (Wildman–Crippen MR) is 141 cm³/mol. The second kappa shape index (κ2) is 9.95. The molecular formula is C20H10Br6N2O2. The van der Waals surface area contributed by atoms with Crippen LogP contribution in [0.5, 0.6) is 0 Å². The van der Waals surface area contributed by atoms with Gasteiger partial charge in [-0.05, 0) is 112 Å². The third-order valence-corrected chi connectivity index (χ3v) is 7.36. The zero-order valence-corrected chi connectivity index (χ0v) is 24.2. The van der Waals surface area contributed by atoms with E-state index in [9.17, 15) is 9.59 Å². The molecule has 0 aromatic heterocycles. The van der Waals surface area contributed by atoms with Crippen molar-refractivity contribution in [1.29, 1.82) is 0 Å².